The van der Waals surface area contributed by atoms with Crippen molar-refractivity contribution in [2.75, 3.05) is 4.90 Å². The molecule has 4 aromatic carbocycles. The van der Waals surface area contributed by atoms with Crippen LogP contribution < -0.4 is 4.90 Å². The largest absolute Gasteiger partial charge is 0.333 e. The number of allylic oxidation sites excluding steroid dienone is 8. The quantitative estimate of drug-likeness (QED) is 0.196. The normalized spacial score (nSPS) is 24.0. The van der Waals surface area contributed by atoms with Crippen LogP contribution >= 0.6 is 0 Å². The highest BCUT2D eigenvalue weighted by atomic mass is 15.2. The highest BCUT2D eigenvalue weighted by molar-refractivity contribution is 6.10. The molecule has 4 unspecified atom stereocenters. The third-order valence-corrected chi connectivity index (χ3v) is 10.3. The van der Waals surface area contributed by atoms with Gasteiger partial charge in [-0.25, -0.2) is 0 Å². The number of para-hydroxylation sites is 3. The van der Waals surface area contributed by atoms with Gasteiger partial charge in [0.25, 0.3) is 0 Å². The van der Waals surface area contributed by atoms with E-state index in [2.05, 4.69) is 155 Å². The average Bonchev–Trinajstić information content (AvgIpc) is 3.61. The first-order chi connectivity index (χ1) is 21.8. The smallest absolute Gasteiger partial charge is 0.0629 e. The maximum atomic E-state index is 2.57. The summed E-state index contributed by atoms with van der Waals surface area (Å²) in [6.07, 6.45) is 23.7. The van der Waals surface area contributed by atoms with Gasteiger partial charge in [-0.3, -0.25) is 0 Å². The lowest BCUT2D eigenvalue weighted by molar-refractivity contribution is 0.562. The van der Waals surface area contributed by atoms with Gasteiger partial charge in [0.1, 0.15) is 0 Å². The first-order valence-electron chi connectivity index (χ1n) is 16.2. The molecule has 1 aliphatic heterocycles. The topological polar surface area (TPSA) is 8.17 Å². The van der Waals surface area contributed by atoms with Crippen LogP contribution in [0.1, 0.15) is 48.6 Å². The second kappa shape index (κ2) is 10.4. The molecule has 1 aromatic heterocycles. The van der Waals surface area contributed by atoms with E-state index in [1.807, 2.05) is 0 Å². The Hall–Kier alpha value is -4.82. The number of benzene rings is 4. The van der Waals surface area contributed by atoms with Gasteiger partial charge >= 0.3 is 0 Å². The summed E-state index contributed by atoms with van der Waals surface area (Å²) in [6.45, 7) is 0. The van der Waals surface area contributed by atoms with E-state index in [1.54, 1.807) is 0 Å². The lowest BCUT2D eigenvalue weighted by Gasteiger charge is -2.31. The summed E-state index contributed by atoms with van der Waals surface area (Å²) in [7, 11) is 0. The molecule has 0 amide bonds. The Bertz CT molecular complexity index is 2050. The molecule has 44 heavy (non-hydrogen) atoms. The third kappa shape index (κ3) is 4.08. The van der Waals surface area contributed by atoms with Gasteiger partial charge in [0.15, 0.2) is 0 Å². The number of hydrogen-bond acceptors (Lipinski definition) is 1. The molecule has 0 spiro atoms. The van der Waals surface area contributed by atoms with Crippen LogP contribution in [-0.2, 0) is 0 Å². The highest BCUT2D eigenvalue weighted by Crippen LogP contribution is 2.49. The van der Waals surface area contributed by atoms with Crippen LogP contribution in [-0.4, -0.2) is 10.6 Å². The van der Waals surface area contributed by atoms with E-state index in [1.165, 1.54) is 68.4 Å². The number of fused-ring (bicyclic) bond motifs is 6. The van der Waals surface area contributed by atoms with Crippen molar-refractivity contribution < 1.29 is 0 Å². The predicted octanol–water partition coefficient (Wildman–Crippen LogP) is 10.8. The molecule has 0 saturated carbocycles. The minimum atomic E-state index is 0.327. The van der Waals surface area contributed by atoms with Crippen LogP contribution in [0.25, 0.3) is 27.5 Å². The van der Waals surface area contributed by atoms with Crippen LogP contribution in [0, 0.1) is 5.92 Å². The number of nitrogens with zero attached hydrogens (tertiary/aromatic N) is 2. The zero-order valence-corrected chi connectivity index (χ0v) is 24.9. The van der Waals surface area contributed by atoms with Gasteiger partial charge in [-0.1, -0.05) is 103 Å². The van der Waals surface area contributed by atoms with Gasteiger partial charge in [0.05, 0.1) is 17.1 Å². The molecule has 9 rings (SSSR count). The fourth-order valence-corrected chi connectivity index (χ4v) is 8.19. The van der Waals surface area contributed by atoms with Crippen LogP contribution in [0.5, 0.6) is 0 Å². The minimum Gasteiger partial charge on any atom is -0.333 e. The summed E-state index contributed by atoms with van der Waals surface area (Å²) in [4.78, 5) is 2.52. The molecule has 5 aromatic rings. The molecule has 2 heteroatoms. The lowest BCUT2D eigenvalue weighted by atomic mass is 9.77. The van der Waals surface area contributed by atoms with Gasteiger partial charge in [-0.2, -0.15) is 0 Å². The zero-order chi connectivity index (χ0) is 29.0. The molecule has 0 N–H and O–H groups in total. The van der Waals surface area contributed by atoms with Crippen molar-refractivity contribution in [1.29, 1.82) is 0 Å². The predicted molar refractivity (Wildman–Crippen MR) is 185 cm³/mol. The van der Waals surface area contributed by atoms with E-state index in [0.717, 1.165) is 12.8 Å². The summed E-state index contributed by atoms with van der Waals surface area (Å²) in [5, 5.41) is 2.72. The van der Waals surface area contributed by atoms with E-state index in [4.69, 9.17) is 0 Å². The van der Waals surface area contributed by atoms with Crippen molar-refractivity contribution in [3.8, 4) is 0 Å². The molecular weight excluding hydrogens is 532 g/mol. The Morgan fingerprint density at radius 3 is 2.34 bits per heavy atom. The molecule has 2 nitrogen and oxygen atoms in total. The summed E-state index contributed by atoms with van der Waals surface area (Å²) in [5.74, 6) is 1.31. The van der Waals surface area contributed by atoms with E-state index >= 15 is 0 Å². The Labute approximate surface area is 259 Å². The standard InChI is InChI=1S/C42H36N2/c1-3-11-33(12-4-1)43-39-17-9-7-15-35(39)37-27-31(23-25-41(37)43)29-19-21-30(22-20-29)32-24-26-42-38(28-32)36-16-8-10-18-40(36)44(42)34-13-5-2-6-14-34/h1-5,7-13,15-19,21,23-30,37,41H,6,14,20,22H2. The molecule has 4 aliphatic rings. The maximum absolute atomic E-state index is 2.57. The Balaban J connectivity index is 1.01. The van der Waals surface area contributed by atoms with Crippen molar-refractivity contribution >= 4 is 38.9 Å². The molecule has 214 valence electrons. The van der Waals surface area contributed by atoms with E-state index in [-0.39, 0.29) is 0 Å². The molecular formula is C42H36N2. The van der Waals surface area contributed by atoms with E-state index < -0.39 is 0 Å². The number of rotatable bonds is 4. The fraction of sp³-hybridized carbons (Fsp3) is 0.190. The number of aromatic nitrogens is 1. The minimum absolute atomic E-state index is 0.327. The van der Waals surface area contributed by atoms with Crippen molar-refractivity contribution in [2.24, 2.45) is 5.92 Å². The van der Waals surface area contributed by atoms with Crippen molar-refractivity contribution in [3.63, 3.8) is 0 Å². The van der Waals surface area contributed by atoms with Gasteiger partial charge in [0, 0.05) is 45.6 Å². The van der Waals surface area contributed by atoms with Gasteiger partial charge in [-0.05, 0) is 84.9 Å². The molecule has 0 fully saturated rings. The Morgan fingerprint density at radius 1 is 0.682 bits per heavy atom. The van der Waals surface area contributed by atoms with E-state index in [0.29, 0.717) is 23.8 Å². The molecule has 4 atom stereocenters. The fourth-order valence-electron chi connectivity index (χ4n) is 8.19. The van der Waals surface area contributed by atoms with Crippen molar-refractivity contribution in [3.05, 3.63) is 162 Å². The molecule has 0 bridgehead atoms. The van der Waals surface area contributed by atoms with Crippen LogP contribution in [0.2, 0.25) is 0 Å². The van der Waals surface area contributed by atoms with Crippen LogP contribution in [0.4, 0.5) is 11.4 Å². The maximum Gasteiger partial charge on any atom is 0.0629 e. The third-order valence-electron chi connectivity index (χ3n) is 10.3. The summed E-state index contributed by atoms with van der Waals surface area (Å²) >= 11 is 0. The van der Waals surface area contributed by atoms with Gasteiger partial charge in [0.2, 0.25) is 0 Å². The summed E-state index contributed by atoms with van der Waals surface area (Å²) in [5.41, 5.74) is 11.0. The number of hydrogen-bond donors (Lipinski definition) is 0. The van der Waals surface area contributed by atoms with E-state index in [9.17, 15) is 0 Å². The van der Waals surface area contributed by atoms with Crippen LogP contribution in [0.15, 0.2) is 151 Å². The Morgan fingerprint density at radius 2 is 1.48 bits per heavy atom. The Kier molecular flexibility index (Phi) is 6.07. The second-order valence-electron chi connectivity index (χ2n) is 12.7. The summed E-state index contributed by atoms with van der Waals surface area (Å²) < 4.78 is 2.49. The SMILES string of the molecule is C1=CCCC(n2c3ccccc3c3cc(C4C=CC(C5=CC6c7ccccc7N(c7ccccc7)C6C=C5)CC4)ccc32)=C1. The molecule has 3 aliphatic carbocycles. The molecule has 0 radical (unpaired) electrons. The average molecular weight is 569 g/mol. The zero-order valence-electron chi connectivity index (χ0n) is 24.9. The highest BCUT2D eigenvalue weighted by Gasteiger charge is 2.38. The summed E-state index contributed by atoms with van der Waals surface area (Å²) in [6, 6.07) is 36.3. The van der Waals surface area contributed by atoms with Crippen LogP contribution in [0.3, 0.4) is 0 Å². The monoisotopic (exact) mass is 568 g/mol. The first-order valence-corrected chi connectivity index (χ1v) is 16.2. The van der Waals surface area contributed by atoms with Crippen molar-refractivity contribution in [2.45, 2.75) is 43.6 Å². The van der Waals surface area contributed by atoms with Crippen molar-refractivity contribution in [1.82, 2.24) is 4.57 Å². The van der Waals surface area contributed by atoms with Gasteiger partial charge < -0.3 is 9.47 Å². The molecule has 2 heterocycles. The number of anilines is 2. The first kappa shape index (κ1) is 25.7. The van der Waals surface area contributed by atoms with Gasteiger partial charge in [-0.15, -0.1) is 0 Å². The lowest BCUT2D eigenvalue weighted by Crippen LogP contribution is -2.29. The molecule has 0 saturated heterocycles. The second-order valence-corrected chi connectivity index (χ2v) is 12.7.